The van der Waals surface area contributed by atoms with E-state index in [1.165, 1.54) is 0 Å². The Labute approximate surface area is 129 Å². The number of nitrogens with one attached hydrogen (secondary N) is 3. The molecule has 6 heteroatoms. The maximum Gasteiger partial charge on any atom is 0.246 e. The van der Waals surface area contributed by atoms with Gasteiger partial charge in [0.25, 0.3) is 0 Å². The first-order valence-corrected chi connectivity index (χ1v) is 7.24. The number of hydrogen-bond acceptors (Lipinski definition) is 3. The molecular formula is C16H20N4O2. The van der Waals surface area contributed by atoms with E-state index < -0.39 is 6.04 Å². The minimum atomic E-state index is -0.660. The molecule has 0 spiro atoms. The summed E-state index contributed by atoms with van der Waals surface area (Å²) in [6.45, 7) is 0. The normalized spacial score (nSPS) is 11.7. The van der Waals surface area contributed by atoms with E-state index in [1.54, 1.807) is 13.2 Å². The van der Waals surface area contributed by atoms with Crippen LogP contribution in [0.25, 0.3) is 0 Å². The minimum absolute atomic E-state index is 0.138. The quantitative estimate of drug-likeness (QED) is 0.721. The van der Waals surface area contributed by atoms with Gasteiger partial charge >= 0.3 is 0 Å². The van der Waals surface area contributed by atoms with Crippen molar-refractivity contribution in [1.29, 1.82) is 0 Å². The predicted molar refractivity (Wildman–Crippen MR) is 82.9 cm³/mol. The van der Waals surface area contributed by atoms with Gasteiger partial charge in [0.15, 0.2) is 0 Å². The number of aryl methyl sites for hydroxylation is 1. The van der Waals surface area contributed by atoms with Gasteiger partial charge in [0.1, 0.15) is 6.04 Å². The average Bonchev–Trinajstić information content (AvgIpc) is 3.06. The summed E-state index contributed by atoms with van der Waals surface area (Å²) in [6.07, 6.45) is 5.41. The van der Waals surface area contributed by atoms with Crippen LogP contribution in [0.1, 0.15) is 30.0 Å². The van der Waals surface area contributed by atoms with Gasteiger partial charge in [-0.15, -0.1) is 0 Å². The van der Waals surface area contributed by atoms with E-state index in [2.05, 4.69) is 20.8 Å². The number of H-pyrrole nitrogens is 1. The van der Waals surface area contributed by atoms with Crippen molar-refractivity contribution in [3.05, 3.63) is 53.9 Å². The standard InChI is InChI=1S/C16H20N4O2/c1-17-16(22)15(13-7-3-2-4-8-13)20-14(21)9-5-6-12-10-18-19-11-12/h2-4,7-8,10-11,15H,5-6,9H2,1H3,(H,17,22)(H,18,19)(H,20,21)/t15-/m0/s1. The van der Waals surface area contributed by atoms with Crippen LogP contribution in [0.2, 0.25) is 0 Å². The lowest BCUT2D eigenvalue weighted by Gasteiger charge is -2.17. The van der Waals surface area contributed by atoms with Crippen LogP contribution >= 0.6 is 0 Å². The third-order valence-electron chi connectivity index (χ3n) is 3.37. The highest BCUT2D eigenvalue weighted by Crippen LogP contribution is 2.13. The molecule has 1 heterocycles. The van der Waals surface area contributed by atoms with E-state index in [1.807, 2.05) is 36.5 Å². The summed E-state index contributed by atoms with van der Waals surface area (Å²) in [5.74, 6) is -0.365. The van der Waals surface area contributed by atoms with Crippen LogP contribution in [-0.2, 0) is 16.0 Å². The Morgan fingerprint density at radius 2 is 2.05 bits per heavy atom. The molecule has 6 nitrogen and oxygen atoms in total. The van der Waals surface area contributed by atoms with Gasteiger partial charge in [0, 0.05) is 19.7 Å². The van der Waals surface area contributed by atoms with E-state index in [9.17, 15) is 9.59 Å². The van der Waals surface area contributed by atoms with Crippen LogP contribution < -0.4 is 10.6 Å². The van der Waals surface area contributed by atoms with Crippen molar-refractivity contribution in [1.82, 2.24) is 20.8 Å². The van der Waals surface area contributed by atoms with Gasteiger partial charge in [-0.2, -0.15) is 5.10 Å². The molecule has 0 unspecified atom stereocenters. The second kappa shape index (κ2) is 7.97. The molecule has 2 rings (SSSR count). The number of amides is 2. The molecule has 0 saturated carbocycles. The highest BCUT2D eigenvalue weighted by molar-refractivity contribution is 5.88. The lowest BCUT2D eigenvalue weighted by molar-refractivity contribution is -0.128. The Kier molecular flexibility index (Phi) is 5.71. The summed E-state index contributed by atoms with van der Waals surface area (Å²) in [6, 6.07) is 8.55. The third-order valence-corrected chi connectivity index (χ3v) is 3.37. The van der Waals surface area contributed by atoms with E-state index in [-0.39, 0.29) is 11.8 Å². The fourth-order valence-corrected chi connectivity index (χ4v) is 2.19. The van der Waals surface area contributed by atoms with Crippen LogP contribution in [0.4, 0.5) is 0 Å². The van der Waals surface area contributed by atoms with E-state index >= 15 is 0 Å². The zero-order valence-electron chi connectivity index (χ0n) is 12.5. The number of nitrogens with zero attached hydrogens (tertiary/aromatic N) is 1. The molecule has 0 fully saturated rings. The van der Waals surface area contributed by atoms with Gasteiger partial charge in [-0.3, -0.25) is 14.7 Å². The fourth-order valence-electron chi connectivity index (χ4n) is 2.19. The number of aromatic nitrogens is 2. The van der Waals surface area contributed by atoms with Crippen LogP contribution in [0.15, 0.2) is 42.7 Å². The zero-order valence-corrected chi connectivity index (χ0v) is 12.5. The molecule has 0 radical (unpaired) electrons. The molecule has 1 aromatic heterocycles. The molecule has 1 atom stereocenters. The van der Waals surface area contributed by atoms with Gasteiger partial charge in [-0.05, 0) is 24.0 Å². The largest absolute Gasteiger partial charge is 0.357 e. The second-order valence-corrected chi connectivity index (χ2v) is 4.99. The smallest absolute Gasteiger partial charge is 0.246 e. The second-order valence-electron chi connectivity index (χ2n) is 4.99. The third kappa shape index (κ3) is 4.44. The van der Waals surface area contributed by atoms with Crippen LogP contribution in [0.3, 0.4) is 0 Å². The fraction of sp³-hybridized carbons (Fsp3) is 0.312. The van der Waals surface area contributed by atoms with Gasteiger partial charge in [0.2, 0.25) is 11.8 Å². The van der Waals surface area contributed by atoms with Crippen molar-refractivity contribution >= 4 is 11.8 Å². The van der Waals surface area contributed by atoms with Crippen molar-refractivity contribution < 1.29 is 9.59 Å². The summed E-state index contributed by atoms with van der Waals surface area (Å²) in [5, 5.41) is 12.0. The molecule has 2 amide bonds. The van der Waals surface area contributed by atoms with Crippen LogP contribution in [0.5, 0.6) is 0 Å². The lowest BCUT2D eigenvalue weighted by Crippen LogP contribution is -2.39. The highest BCUT2D eigenvalue weighted by atomic mass is 16.2. The number of likely N-dealkylation sites (N-methyl/N-ethyl adjacent to an activating group) is 1. The molecule has 0 aliphatic rings. The van der Waals surface area contributed by atoms with Crippen molar-refractivity contribution in [3.63, 3.8) is 0 Å². The SMILES string of the molecule is CNC(=O)[C@@H](NC(=O)CCCc1cn[nH]c1)c1ccccc1. The Balaban J connectivity index is 1.89. The number of carbonyl (C=O) groups excluding carboxylic acids is 2. The first-order valence-electron chi connectivity index (χ1n) is 7.24. The predicted octanol–water partition coefficient (Wildman–Crippen LogP) is 1.34. The lowest BCUT2D eigenvalue weighted by atomic mass is 10.1. The van der Waals surface area contributed by atoms with Crippen LogP contribution in [0, 0.1) is 0 Å². The van der Waals surface area contributed by atoms with Crippen LogP contribution in [-0.4, -0.2) is 29.1 Å². The molecule has 3 N–H and O–H groups in total. The van der Waals surface area contributed by atoms with Crippen molar-refractivity contribution in [3.8, 4) is 0 Å². The summed E-state index contributed by atoms with van der Waals surface area (Å²) in [5.41, 5.74) is 1.84. The topological polar surface area (TPSA) is 86.9 Å². The molecule has 22 heavy (non-hydrogen) atoms. The molecule has 0 aliphatic heterocycles. The Morgan fingerprint density at radius 1 is 1.27 bits per heavy atom. The number of benzene rings is 1. The van der Waals surface area contributed by atoms with Gasteiger partial charge < -0.3 is 10.6 Å². The minimum Gasteiger partial charge on any atom is -0.357 e. The van der Waals surface area contributed by atoms with Gasteiger partial charge in [-0.25, -0.2) is 0 Å². The number of aromatic amines is 1. The zero-order chi connectivity index (χ0) is 15.8. The van der Waals surface area contributed by atoms with E-state index in [4.69, 9.17) is 0 Å². The number of hydrogen-bond donors (Lipinski definition) is 3. The Bertz CT molecular complexity index is 596. The van der Waals surface area contributed by atoms with E-state index in [0.29, 0.717) is 12.8 Å². The van der Waals surface area contributed by atoms with E-state index in [0.717, 1.165) is 17.5 Å². The highest BCUT2D eigenvalue weighted by Gasteiger charge is 2.21. The first kappa shape index (κ1) is 15.8. The average molecular weight is 300 g/mol. The van der Waals surface area contributed by atoms with Crippen molar-refractivity contribution in [2.75, 3.05) is 7.05 Å². The van der Waals surface area contributed by atoms with Crippen molar-refractivity contribution in [2.45, 2.75) is 25.3 Å². The number of rotatable bonds is 7. The van der Waals surface area contributed by atoms with Gasteiger partial charge in [0.05, 0.1) is 6.20 Å². The molecule has 0 saturated heterocycles. The summed E-state index contributed by atoms with van der Waals surface area (Å²) < 4.78 is 0. The molecule has 2 aromatic rings. The maximum absolute atomic E-state index is 12.1. The first-order chi connectivity index (χ1) is 10.7. The molecule has 1 aromatic carbocycles. The molecular weight excluding hydrogens is 280 g/mol. The van der Waals surface area contributed by atoms with Gasteiger partial charge in [-0.1, -0.05) is 30.3 Å². The Morgan fingerprint density at radius 3 is 2.68 bits per heavy atom. The summed E-state index contributed by atoms with van der Waals surface area (Å²) in [7, 11) is 1.56. The number of carbonyl (C=O) groups is 2. The molecule has 0 bridgehead atoms. The Hall–Kier alpha value is -2.63. The summed E-state index contributed by atoms with van der Waals surface area (Å²) >= 11 is 0. The molecule has 0 aliphatic carbocycles. The maximum atomic E-state index is 12.1. The summed E-state index contributed by atoms with van der Waals surface area (Å²) in [4.78, 5) is 24.0. The van der Waals surface area contributed by atoms with Crippen molar-refractivity contribution in [2.24, 2.45) is 0 Å². The molecule has 116 valence electrons. The monoisotopic (exact) mass is 300 g/mol.